The van der Waals surface area contributed by atoms with Crippen molar-refractivity contribution in [1.82, 2.24) is 0 Å². The second kappa shape index (κ2) is 14.0. The second-order valence-electron chi connectivity index (χ2n) is 5.61. The molecule has 0 rings (SSSR count). The molecule has 0 aliphatic rings. The number of hydrogen-bond donors (Lipinski definition) is 0. The van der Waals surface area contributed by atoms with Gasteiger partial charge in [0.05, 0.1) is 0 Å². The monoisotopic (exact) mass is 344 g/mol. The van der Waals surface area contributed by atoms with Gasteiger partial charge in [0.25, 0.3) is 0 Å². The van der Waals surface area contributed by atoms with Gasteiger partial charge in [0.15, 0.2) is 3.79 Å². The molecule has 0 unspecified atom stereocenters. The SMILES string of the molecule is [SiH3]CCCCCCCCCCCCCCC(Cl)(Cl)Cl. The minimum absolute atomic E-state index is 0.692. The number of hydrogen-bond acceptors (Lipinski definition) is 0. The van der Waals surface area contributed by atoms with Crippen LogP contribution in [0.15, 0.2) is 0 Å². The standard InChI is InChI=1S/C15H31Cl3Si/c16-15(17,18)13-11-9-7-5-3-1-2-4-6-8-10-12-14-19/h1-14H2,19H3. The Bertz CT molecular complexity index is 181. The van der Waals surface area contributed by atoms with Gasteiger partial charge in [0.1, 0.15) is 0 Å². The fraction of sp³-hybridized carbons (Fsp3) is 1.00. The third kappa shape index (κ3) is 19.1. The molecule has 0 aromatic heterocycles. The van der Waals surface area contributed by atoms with E-state index in [1.165, 1.54) is 86.9 Å². The summed E-state index contributed by atoms with van der Waals surface area (Å²) in [6.07, 6.45) is 17.1. The zero-order valence-electron chi connectivity index (χ0n) is 12.5. The Hall–Kier alpha value is 1.09. The van der Waals surface area contributed by atoms with Gasteiger partial charge in [-0.3, -0.25) is 0 Å². The molecule has 0 aliphatic heterocycles. The van der Waals surface area contributed by atoms with E-state index < -0.39 is 3.79 Å². The first-order chi connectivity index (χ1) is 9.06. The van der Waals surface area contributed by atoms with E-state index in [9.17, 15) is 0 Å². The topological polar surface area (TPSA) is 0 Å². The van der Waals surface area contributed by atoms with Gasteiger partial charge in [-0.2, -0.15) is 0 Å². The van der Waals surface area contributed by atoms with Gasteiger partial charge in [0.2, 0.25) is 0 Å². The zero-order chi connectivity index (χ0) is 14.4. The van der Waals surface area contributed by atoms with E-state index in [-0.39, 0.29) is 0 Å². The molecular weight excluding hydrogens is 315 g/mol. The molecule has 19 heavy (non-hydrogen) atoms. The van der Waals surface area contributed by atoms with Crippen molar-refractivity contribution in [2.24, 2.45) is 0 Å². The minimum Gasteiger partial charge on any atom is -0.0837 e. The summed E-state index contributed by atoms with van der Waals surface area (Å²) in [4.78, 5) is 0. The van der Waals surface area contributed by atoms with Crippen LogP contribution in [0.25, 0.3) is 0 Å². The molecule has 0 amide bonds. The average Bonchev–Trinajstić information content (AvgIpc) is 2.34. The van der Waals surface area contributed by atoms with Crippen molar-refractivity contribution in [3.8, 4) is 0 Å². The Kier molecular flexibility index (Phi) is 14.8. The maximum Gasteiger partial charge on any atom is 0.190 e. The summed E-state index contributed by atoms with van der Waals surface area (Å²) in [6.45, 7) is 0. The lowest BCUT2D eigenvalue weighted by atomic mass is 10.0. The van der Waals surface area contributed by atoms with E-state index in [1.54, 1.807) is 0 Å². The molecule has 0 N–H and O–H groups in total. The van der Waals surface area contributed by atoms with Gasteiger partial charge in [-0.25, -0.2) is 0 Å². The second-order valence-corrected chi connectivity index (χ2v) is 9.12. The lowest BCUT2D eigenvalue weighted by Gasteiger charge is -2.09. The fourth-order valence-corrected chi connectivity index (χ4v) is 3.24. The maximum atomic E-state index is 5.71. The highest BCUT2D eigenvalue weighted by Crippen LogP contribution is 2.32. The van der Waals surface area contributed by atoms with Crippen LogP contribution in [0.5, 0.6) is 0 Å². The third-order valence-electron chi connectivity index (χ3n) is 3.56. The van der Waals surface area contributed by atoms with Crippen molar-refractivity contribution in [2.75, 3.05) is 0 Å². The Balaban J connectivity index is 2.99. The summed E-state index contributed by atoms with van der Waals surface area (Å²) in [5.41, 5.74) is 0. The number of unbranched alkanes of at least 4 members (excludes halogenated alkanes) is 11. The first-order valence-electron chi connectivity index (χ1n) is 8.13. The molecule has 0 aromatic carbocycles. The van der Waals surface area contributed by atoms with E-state index in [1.807, 2.05) is 0 Å². The van der Waals surface area contributed by atoms with E-state index in [0.717, 1.165) is 6.42 Å². The van der Waals surface area contributed by atoms with Crippen LogP contribution in [0.1, 0.15) is 83.5 Å². The van der Waals surface area contributed by atoms with Crippen molar-refractivity contribution in [3.05, 3.63) is 0 Å². The molecule has 0 heterocycles. The normalized spacial score (nSPS) is 12.2. The van der Waals surface area contributed by atoms with E-state index in [2.05, 4.69) is 0 Å². The zero-order valence-corrected chi connectivity index (χ0v) is 16.8. The lowest BCUT2D eigenvalue weighted by molar-refractivity contribution is 0.540. The average molecular weight is 346 g/mol. The third-order valence-corrected chi connectivity index (χ3v) is 4.84. The van der Waals surface area contributed by atoms with Crippen molar-refractivity contribution in [2.45, 2.75) is 93.3 Å². The summed E-state index contributed by atoms with van der Waals surface area (Å²) < 4.78 is -1.04. The minimum atomic E-state index is -1.04. The summed E-state index contributed by atoms with van der Waals surface area (Å²) in [5, 5.41) is 0. The molecule has 0 aromatic rings. The molecule has 0 spiro atoms. The van der Waals surface area contributed by atoms with Crippen LogP contribution in [-0.2, 0) is 0 Å². The van der Waals surface area contributed by atoms with Crippen molar-refractivity contribution >= 4 is 45.0 Å². The molecule has 0 fully saturated rings. The highest BCUT2D eigenvalue weighted by molar-refractivity contribution is 6.67. The predicted molar refractivity (Wildman–Crippen MR) is 95.1 cm³/mol. The summed E-state index contributed by atoms with van der Waals surface area (Å²) in [7, 11) is 1.39. The fourth-order valence-electron chi connectivity index (χ4n) is 2.34. The molecule has 116 valence electrons. The van der Waals surface area contributed by atoms with Gasteiger partial charge < -0.3 is 0 Å². The molecule has 0 atom stereocenters. The summed E-state index contributed by atoms with van der Waals surface area (Å²) >= 11 is 17.1. The largest absolute Gasteiger partial charge is 0.190 e. The van der Waals surface area contributed by atoms with Crippen LogP contribution in [-0.4, -0.2) is 14.0 Å². The summed E-state index contributed by atoms with van der Waals surface area (Å²) in [5.74, 6) is 0. The van der Waals surface area contributed by atoms with Crippen molar-refractivity contribution in [1.29, 1.82) is 0 Å². The summed E-state index contributed by atoms with van der Waals surface area (Å²) in [6, 6.07) is 1.48. The number of halogens is 3. The number of alkyl halides is 3. The predicted octanol–water partition coefficient (Wildman–Crippen LogP) is 6.21. The highest BCUT2D eigenvalue weighted by Gasteiger charge is 2.17. The van der Waals surface area contributed by atoms with Gasteiger partial charge in [-0.1, -0.05) is 111 Å². The molecular formula is C15H31Cl3Si. The molecule has 0 saturated heterocycles. The van der Waals surface area contributed by atoms with Gasteiger partial charge >= 0.3 is 0 Å². The van der Waals surface area contributed by atoms with Crippen molar-refractivity contribution < 1.29 is 0 Å². The van der Waals surface area contributed by atoms with Crippen molar-refractivity contribution in [3.63, 3.8) is 0 Å². The molecule has 0 saturated carbocycles. The number of rotatable bonds is 13. The Morgan fingerprint density at radius 1 is 0.526 bits per heavy atom. The van der Waals surface area contributed by atoms with Crippen LogP contribution in [0.4, 0.5) is 0 Å². The van der Waals surface area contributed by atoms with E-state index in [4.69, 9.17) is 34.8 Å². The van der Waals surface area contributed by atoms with Crippen LogP contribution >= 0.6 is 34.8 Å². The maximum absolute atomic E-state index is 5.71. The smallest absolute Gasteiger partial charge is 0.0837 e. The van der Waals surface area contributed by atoms with Crippen LogP contribution < -0.4 is 0 Å². The first kappa shape index (κ1) is 20.1. The molecule has 0 nitrogen and oxygen atoms in total. The Morgan fingerprint density at radius 3 is 1.16 bits per heavy atom. The molecule has 0 bridgehead atoms. The van der Waals surface area contributed by atoms with E-state index in [0.29, 0.717) is 6.42 Å². The van der Waals surface area contributed by atoms with Crippen LogP contribution in [0.2, 0.25) is 6.04 Å². The Morgan fingerprint density at radius 2 is 0.842 bits per heavy atom. The van der Waals surface area contributed by atoms with Crippen LogP contribution in [0, 0.1) is 0 Å². The van der Waals surface area contributed by atoms with Gasteiger partial charge in [0, 0.05) is 10.2 Å². The highest BCUT2D eigenvalue weighted by atomic mass is 35.6. The van der Waals surface area contributed by atoms with Crippen LogP contribution in [0.3, 0.4) is 0 Å². The lowest BCUT2D eigenvalue weighted by Crippen LogP contribution is -2.00. The Labute approximate surface area is 138 Å². The first-order valence-corrected chi connectivity index (χ1v) is 10.7. The van der Waals surface area contributed by atoms with Gasteiger partial charge in [-0.15, -0.1) is 0 Å². The molecule has 4 heteroatoms. The van der Waals surface area contributed by atoms with Gasteiger partial charge in [-0.05, 0) is 12.8 Å². The molecule has 0 aliphatic carbocycles. The van der Waals surface area contributed by atoms with E-state index >= 15 is 0 Å². The molecule has 0 radical (unpaired) electrons. The quantitative estimate of drug-likeness (QED) is 0.211.